The zero-order valence-corrected chi connectivity index (χ0v) is 17.3. The van der Waals surface area contributed by atoms with Crippen molar-refractivity contribution < 1.29 is 9.32 Å². The van der Waals surface area contributed by atoms with Gasteiger partial charge in [-0.15, -0.1) is 11.8 Å². The largest absolute Gasteiger partial charge is 0.360 e. The third-order valence-electron chi connectivity index (χ3n) is 6.97. The van der Waals surface area contributed by atoms with Crippen LogP contribution < -0.4 is 5.32 Å². The van der Waals surface area contributed by atoms with Gasteiger partial charge in [0.05, 0.1) is 17.0 Å². The molecule has 0 radical (unpaired) electrons. The van der Waals surface area contributed by atoms with Gasteiger partial charge < -0.3 is 9.84 Å². The highest BCUT2D eigenvalue weighted by atomic mass is 32.2. The van der Waals surface area contributed by atoms with Gasteiger partial charge in [-0.1, -0.05) is 17.3 Å². The Morgan fingerprint density at radius 1 is 1.18 bits per heavy atom. The lowest BCUT2D eigenvalue weighted by Crippen LogP contribution is -2.51. The van der Waals surface area contributed by atoms with Crippen LogP contribution in [0.25, 0.3) is 0 Å². The predicted molar refractivity (Wildman–Crippen MR) is 110 cm³/mol. The van der Waals surface area contributed by atoms with Crippen molar-refractivity contribution in [2.45, 2.75) is 56.1 Å². The summed E-state index contributed by atoms with van der Waals surface area (Å²) in [6.07, 6.45) is 8.27. The van der Waals surface area contributed by atoms with Gasteiger partial charge in [0.1, 0.15) is 5.76 Å². The topological polar surface area (TPSA) is 55.1 Å². The summed E-state index contributed by atoms with van der Waals surface area (Å²) in [5.41, 5.74) is 2.02. The van der Waals surface area contributed by atoms with Gasteiger partial charge in [-0.3, -0.25) is 4.79 Å². The monoisotopic (exact) mass is 396 g/mol. The second-order valence-electron chi connectivity index (χ2n) is 9.32. The van der Waals surface area contributed by atoms with Gasteiger partial charge in [-0.2, -0.15) is 0 Å². The average Bonchev–Trinajstić information content (AvgIpc) is 3.09. The van der Waals surface area contributed by atoms with Crippen LogP contribution in [0.4, 0.5) is 0 Å². The quantitative estimate of drug-likeness (QED) is 0.680. The molecule has 1 amide bonds. The maximum Gasteiger partial charge on any atom is 0.252 e. The average molecular weight is 397 g/mol. The molecule has 0 unspecified atom stereocenters. The zero-order valence-electron chi connectivity index (χ0n) is 16.4. The van der Waals surface area contributed by atoms with E-state index in [1.807, 2.05) is 37.3 Å². The van der Waals surface area contributed by atoms with Crippen molar-refractivity contribution in [3.63, 3.8) is 0 Å². The first-order chi connectivity index (χ1) is 13.6. The fourth-order valence-electron chi connectivity index (χ4n) is 6.28. The number of rotatable bonds is 6. The summed E-state index contributed by atoms with van der Waals surface area (Å²) in [5.74, 6) is 4.32. The normalized spacial score (nSPS) is 30.5. The number of aryl methyl sites for hydroxylation is 1. The van der Waals surface area contributed by atoms with Gasteiger partial charge in [0.15, 0.2) is 0 Å². The highest BCUT2D eigenvalue weighted by Crippen LogP contribution is 2.59. The molecule has 4 fully saturated rings. The Bertz CT molecular complexity index is 840. The van der Waals surface area contributed by atoms with Gasteiger partial charge in [-0.25, -0.2) is 0 Å². The Hall–Kier alpha value is -1.75. The summed E-state index contributed by atoms with van der Waals surface area (Å²) < 4.78 is 5.30. The molecule has 1 N–H and O–H groups in total. The molecule has 4 saturated carbocycles. The van der Waals surface area contributed by atoms with Crippen LogP contribution in [0, 0.1) is 30.1 Å². The van der Waals surface area contributed by atoms with E-state index in [1.54, 1.807) is 11.8 Å². The molecule has 0 aliphatic heterocycles. The van der Waals surface area contributed by atoms with E-state index in [0.717, 1.165) is 46.2 Å². The molecule has 4 nitrogen and oxygen atoms in total. The summed E-state index contributed by atoms with van der Waals surface area (Å²) in [6, 6.07) is 9.84. The standard InChI is InChI=1S/C23H28N2O2S/c1-15-6-19(27-25-15)13-28-21-5-3-2-4-20(21)22(26)24-14-23-10-16-7-17(11-23)9-18(8-16)12-23/h2-6,16-18H,7-14H2,1H3,(H,24,26). The fraction of sp³-hybridized carbons (Fsp3) is 0.565. The van der Waals surface area contributed by atoms with E-state index in [2.05, 4.69) is 10.5 Å². The Balaban J connectivity index is 1.24. The molecule has 4 aliphatic rings. The summed E-state index contributed by atoms with van der Waals surface area (Å²) in [6.45, 7) is 2.76. The van der Waals surface area contributed by atoms with E-state index in [0.29, 0.717) is 11.2 Å². The lowest BCUT2D eigenvalue weighted by Gasteiger charge is -2.56. The number of thioether (sulfide) groups is 1. The molecule has 1 aromatic carbocycles. The van der Waals surface area contributed by atoms with Crippen LogP contribution in [-0.4, -0.2) is 17.6 Å². The number of carbonyl (C=O) groups is 1. The van der Waals surface area contributed by atoms with Crippen molar-refractivity contribution in [3.05, 3.63) is 47.3 Å². The number of benzene rings is 1. The Labute approximate surface area is 170 Å². The Kier molecular flexibility index (Phi) is 4.74. The number of nitrogens with zero attached hydrogens (tertiary/aromatic N) is 1. The van der Waals surface area contributed by atoms with Gasteiger partial charge in [0, 0.05) is 17.5 Å². The first-order valence-electron chi connectivity index (χ1n) is 10.5. The lowest BCUT2D eigenvalue weighted by molar-refractivity contribution is -0.0503. The van der Waals surface area contributed by atoms with Crippen molar-refractivity contribution in [1.29, 1.82) is 0 Å². The number of carbonyl (C=O) groups excluding carboxylic acids is 1. The highest BCUT2D eigenvalue weighted by Gasteiger charge is 2.50. The summed E-state index contributed by atoms with van der Waals surface area (Å²) in [7, 11) is 0. The van der Waals surface area contributed by atoms with Gasteiger partial charge in [-0.05, 0) is 80.8 Å². The molecule has 28 heavy (non-hydrogen) atoms. The third-order valence-corrected chi connectivity index (χ3v) is 8.06. The molecular formula is C23H28N2O2S. The molecule has 148 valence electrons. The number of hydrogen-bond acceptors (Lipinski definition) is 4. The molecule has 0 atom stereocenters. The summed E-state index contributed by atoms with van der Waals surface area (Å²) in [4.78, 5) is 14.0. The highest BCUT2D eigenvalue weighted by molar-refractivity contribution is 7.98. The van der Waals surface area contributed by atoms with Crippen molar-refractivity contribution in [2.24, 2.45) is 23.2 Å². The van der Waals surface area contributed by atoms with Crippen molar-refractivity contribution in [3.8, 4) is 0 Å². The summed E-state index contributed by atoms with van der Waals surface area (Å²) in [5, 5.41) is 7.25. The third kappa shape index (κ3) is 3.61. The first kappa shape index (κ1) is 18.3. The molecule has 1 aromatic heterocycles. The minimum atomic E-state index is 0.0626. The molecule has 1 heterocycles. The first-order valence-corrected chi connectivity index (χ1v) is 11.5. The van der Waals surface area contributed by atoms with E-state index < -0.39 is 0 Å². The van der Waals surface area contributed by atoms with E-state index in [4.69, 9.17) is 4.52 Å². The van der Waals surface area contributed by atoms with Crippen molar-refractivity contribution >= 4 is 17.7 Å². The molecule has 2 aromatic rings. The zero-order chi connectivity index (χ0) is 19.1. The Morgan fingerprint density at radius 3 is 2.50 bits per heavy atom. The van der Waals surface area contributed by atoms with Crippen LogP contribution in [0.1, 0.15) is 60.3 Å². The SMILES string of the molecule is Cc1cc(CSc2ccccc2C(=O)NCC23CC4CC(CC(C4)C2)C3)on1. The van der Waals surface area contributed by atoms with Gasteiger partial charge >= 0.3 is 0 Å². The van der Waals surface area contributed by atoms with Crippen LogP contribution in [0.3, 0.4) is 0 Å². The van der Waals surface area contributed by atoms with E-state index in [9.17, 15) is 4.79 Å². The van der Waals surface area contributed by atoms with Crippen LogP contribution in [0.5, 0.6) is 0 Å². The number of hydrogen-bond donors (Lipinski definition) is 1. The molecule has 0 saturated heterocycles. The number of amides is 1. The van der Waals surface area contributed by atoms with E-state index in [-0.39, 0.29) is 5.91 Å². The van der Waals surface area contributed by atoms with Crippen LogP contribution in [-0.2, 0) is 5.75 Å². The molecular weight excluding hydrogens is 368 g/mol. The fourth-order valence-corrected chi connectivity index (χ4v) is 7.21. The van der Waals surface area contributed by atoms with Crippen LogP contribution in [0.15, 0.2) is 39.8 Å². The lowest BCUT2D eigenvalue weighted by atomic mass is 9.49. The van der Waals surface area contributed by atoms with Gasteiger partial charge in [0.25, 0.3) is 5.91 Å². The Morgan fingerprint density at radius 2 is 1.86 bits per heavy atom. The van der Waals surface area contributed by atoms with Crippen molar-refractivity contribution in [1.82, 2.24) is 10.5 Å². The maximum atomic E-state index is 13.0. The minimum absolute atomic E-state index is 0.0626. The number of aromatic nitrogens is 1. The van der Waals surface area contributed by atoms with E-state index in [1.165, 1.54) is 38.5 Å². The molecule has 4 aliphatic carbocycles. The molecule has 6 rings (SSSR count). The summed E-state index contributed by atoms with van der Waals surface area (Å²) >= 11 is 1.63. The van der Waals surface area contributed by atoms with E-state index >= 15 is 0 Å². The second-order valence-corrected chi connectivity index (χ2v) is 10.3. The van der Waals surface area contributed by atoms with Crippen LogP contribution >= 0.6 is 11.8 Å². The molecule has 4 bridgehead atoms. The van der Waals surface area contributed by atoms with Crippen molar-refractivity contribution in [2.75, 3.05) is 6.54 Å². The number of nitrogens with one attached hydrogen (secondary N) is 1. The molecule has 5 heteroatoms. The molecule has 0 spiro atoms. The van der Waals surface area contributed by atoms with Crippen LogP contribution in [0.2, 0.25) is 0 Å². The smallest absolute Gasteiger partial charge is 0.252 e. The van der Waals surface area contributed by atoms with Gasteiger partial charge in [0.2, 0.25) is 0 Å². The predicted octanol–water partition coefficient (Wildman–Crippen LogP) is 5.22. The maximum absolute atomic E-state index is 13.0. The minimum Gasteiger partial charge on any atom is -0.360 e. The second kappa shape index (κ2) is 7.25.